The highest BCUT2D eigenvalue weighted by Crippen LogP contribution is 2.22. The van der Waals surface area contributed by atoms with E-state index in [0.717, 1.165) is 18.7 Å². The fourth-order valence-electron chi connectivity index (χ4n) is 2.11. The van der Waals surface area contributed by atoms with Crippen LogP contribution in [0.15, 0.2) is 18.2 Å². The van der Waals surface area contributed by atoms with Gasteiger partial charge in [0.2, 0.25) is 5.91 Å². The summed E-state index contributed by atoms with van der Waals surface area (Å²) in [4.78, 5) is 11.7. The summed E-state index contributed by atoms with van der Waals surface area (Å²) in [5.74, 6) is 0.0821. The number of hydrogen-bond donors (Lipinski definition) is 2. The molecule has 3 heteroatoms. The number of piperazine rings is 1. The van der Waals surface area contributed by atoms with Gasteiger partial charge < -0.3 is 10.6 Å². The van der Waals surface area contributed by atoms with Crippen molar-refractivity contribution in [1.82, 2.24) is 10.6 Å². The lowest BCUT2D eigenvalue weighted by Crippen LogP contribution is -2.47. The predicted octanol–water partition coefficient (Wildman–Crippen LogP) is 1.06. The highest BCUT2D eigenvalue weighted by Gasteiger charge is 2.25. The zero-order valence-corrected chi connectivity index (χ0v) is 9.13. The Morgan fingerprint density at radius 3 is 2.47 bits per heavy atom. The van der Waals surface area contributed by atoms with Crippen molar-refractivity contribution in [2.24, 2.45) is 0 Å². The van der Waals surface area contributed by atoms with Crippen LogP contribution in [0.3, 0.4) is 0 Å². The van der Waals surface area contributed by atoms with Gasteiger partial charge in [-0.05, 0) is 30.5 Å². The summed E-state index contributed by atoms with van der Waals surface area (Å²) in [5.41, 5.74) is 3.46. The van der Waals surface area contributed by atoms with E-state index in [0.29, 0.717) is 0 Å². The van der Waals surface area contributed by atoms with Crippen LogP contribution in [0.2, 0.25) is 0 Å². The van der Waals surface area contributed by atoms with Crippen LogP contribution in [0, 0.1) is 13.8 Å². The molecule has 1 aliphatic rings. The summed E-state index contributed by atoms with van der Waals surface area (Å²) >= 11 is 0. The number of carbonyl (C=O) groups excluding carboxylic acids is 1. The minimum absolute atomic E-state index is 0.0821. The maximum Gasteiger partial charge on any atom is 0.241 e. The lowest BCUT2D eigenvalue weighted by atomic mass is 9.95. The Morgan fingerprint density at radius 1 is 1.20 bits per heavy atom. The smallest absolute Gasteiger partial charge is 0.241 e. The molecule has 0 aromatic heterocycles. The Labute approximate surface area is 89.9 Å². The second-order valence-electron chi connectivity index (χ2n) is 3.98. The highest BCUT2D eigenvalue weighted by atomic mass is 16.2. The largest absolute Gasteiger partial charge is 0.353 e. The standard InChI is InChI=1S/C12H16N2O/c1-8-4-3-5-9(2)10(8)11-12(15)14-7-6-13-11/h3-5,11,13H,6-7H2,1-2H3,(H,14,15). The molecule has 1 atom stereocenters. The normalized spacial score (nSPS) is 21.2. The Hall–Kier alpha value is -1.35. The number of carbonyl (C=O) groups is 1. The van der Waals surface area contributed by atoms with E-state index in [4.69, 9.17) is 0 Å². The van der Waals surface area contributed by atoms with Crippen molar-refractivity contribution in [3.8, 4) is 0 Å². The molecule has 3 nitrogen and oxygen atoms in total. The lowest BCUT2D eigenvalue weighted by Gasteiger charge is -2.26. The van der Waals surface area contributed by atoms with Gasteiger partial charge in [-0.15, -0.1) is 0 Å². The van der Waals surface area contributed by atoms with Gasteiger partial charge in [0, 0.05) is 13.1 Å². The van der Waals surface area contributed by atoms with E-state index in [1.165, 1.54) is 11.1 Å². The predicted molar refractivity (Wildman–Crippen MR) is 59.7 cm³/mol. The van der Waals surface area contributed by atoms with Crippen molar-refractivity contribution in [2.75, 3.05) is 13.1 Å². The van der Waals surface area contributed by atoms with Gasteiger partial charge >= 0.3 is 0 Å². The summed E-state index contributed by atoms with van der Waals surface area (Å²) in [7, 11) is 0. The lowest BCUT2D eigenvalue weighted by molar-refractivity contribution is -0.124. The first-order chi connectivity index (χ1) is 7.20. The zero-order valence-electron chi connectivity index (χ0n) is 9.13. The molecule has 1 aromatic carbocycles. The second-order valence-corrected chi connectivity index (χ2v) is 3.98. The van der Waals surface area contributed by atoms with Gasteiger partial charge in [0.1, 0.15) is 6.04 Å². The van der Waals surface area contributed by atoms with E-state index in [1.807, 2.05) is 32.0 Å². The molecule has 1 unspecified atom stereocenters. The highest BCUT2D eigenvalue weighted by molar-refractivity contribution is 5.84. The molecule has 1 fully saturated rings. The van der Waals surface area contributed by atoms with Crippen molar-refractivity contribution in [3.63, 3.8) is 0 Å². The topological polar surface area (TPSA) is 41.1 Å². The van der Waals surface area contributed by atoms with Crippen molar-refractivity contribution >= 4 is 5.91 Å². The molecule has 0 spiro atoms. The molecule has 1 heterocycles. The van der Waals surface area contributed by atoms with Crippen molar-refractivity contribution in [1.29, 1.82) is 0 Å². The summed E-state index contributed by atoms with van der Waals surface area (Å²) in [6.45, 7) is 5.66. The summed E-state index contributed by atoms with van der Waals surface area (Å²) in [6.07, 6.45) is 0. The van der Waals surface area contributed by atoms with Crippen LogP contribution in [-0.4, -0.2) is 19.0 Å². The third-order valence-electron chi connectivity index (χ3n) is 2.87. The van der Waals surface area contributed by atoms with Gasteiger partial charge in [-0.2, -0.15) is 0 Å². The molecule has 2 rings (SSSR count). The van der Waals surface area contributed by atoms with Crippen LogP contribution in [0.1, 0.15) is 22.7 Å². The molecule has 1 amide bonds. The average Bonchev–Trinajstić information content (AvgIpc) is 2.20. The number of aryl methyl sites for hydroxylation is 2. The minimum atomic E-state index is -0.181. The third kappa shape index (κ3) is 1.88. The van der Waals surface area contributed by atoms with E-state index in [2.05, 4.69) is 10.6 Å². The zero-order chi connectivity index (χ0) is 10.8. The molecule has 0 saturated carbocycles. The van der Waals surface area contributed by atoms with E-state index in [9.17, 15) is 4.79 Å². The van der Waals surface area contributed by atoms with E-state index in [1.54, 1.807) is 0 Å². The maximum absolute atomic E-state index is 11.7. The molecule has 1 aromatic rings. The fourth-order valence-corrected chi connectivity index (χ4v) is 2.11. The van der Waals surface area contributed by atoms with Crippen molar-refractivity contribution in [2.45, 2.75) is 19.9 Å². The van der Waals surface area contributed by atoms with Gasteiger partial charge in [-0.3, -0.25) is 4.79 Å². The van der Waals surface area contributed by atoms with Crippen LogP contribution in [0.25, 0.3) is 0 Å². The molecule has 15 heavy (non-hydrogen) atoms. The van der Waals surface area contributed by atoms with Crippen molar-refractivity contribution < 1.29 is 4.79 Å². The first-order valence-corrected chi connectivity index (χ1v) is 5.27. The Kier molecular flexibility index (Phi) is 2.73. The van der Waals surface area contributed by atoms with E-state index < -0.39 is 0 Å². The van der Waals surface area contributed by atoms with Crippen LogP contribution < -0.4 is 10.6 Å². The first kappa shape index (κ1) is 10.2. The summed E-state index contributed by atoms with van der Waals surface area (Å²) < 4.78 is 0. The molecule has 0 bridgehead atoms. The van der Waals surface area contributed by atoms with Gasteiger partial charge in [0.25, 0.3) is 0 Å². The average molecular weight is 204 g/mol. The molecule has 0 aliphatic carbocycles. The van der Waals surface area contributed by atoms with Crippen LogP contribution in [-0.2, 0) is 4.79 Å². The number of rotatable bonds is 1. The number of amides is 1. The summed E-state index contributed by atoms with van der Waals surface area (Å²) in [6, 6.07) is 5.94. The van der Waals surface area contributed by atoms with Gasteiger partial charge in [-0.25, -0.2) is 0 Å². The monoisotopic (exact) mass is 204 g/mol. The van der Waals surface area contributed by atoms with Gasteiger partial charge in [0.05, 0.1) is 0 Å². The summed E-state index contributed by atoms with van der Waals surface area (Å²) in [5, 5.41) is 6.14. The Morgan fingerprint density at radius 2 is 1.87 bits per heavy atom. The Balaban J connectivity index is 2.39. The second kappa shape index (κ2) is 4.03. The molecule has 2 N–H and O–H groups in total. The van der Waals surface area contributed by atoms with Crippen LogP contribution >= 0.6 is 0 Å². The number of hydrogen-bond acceptors (Lipinski definition) is 2. The number of nitrogens with one attached hydrogen (secondary N) is 2. The molecular weight excluding hydrogens is 188 g/mol. The van der Waals surface area contributed by atoms with E-state index in [-0.39, 0.29) is 11.9 Å². The molecule has 1 saturated heterocycles. The van der Waals surface area contributed by atoms with Crippen molar-refractivity contribution in [3.05, 3.63) is 34.9 Å². The van der Waals surface area contributed by atoms with Crippen LogP contribution in [0.5, 0.6) is 0 Å². The first-order valence-electron chi connectivity index (χ1n) is 5.27. The van der Waals surface area contributed by atoms with Gasteiger partial charge in [0.15, 0.2) is 0 Å². The molecule has 0 radical (unpaired) electrons. The van der Waals surface area contributed by atoms with Crippen LogP contribution in [0.4, 0.5) is 0 Å². The molecule has 1 aliphatic heterocycles. The van der Waals surface area contributed by atoms with E-state index >= 15 is 0 Å². The fraction of sp³-hybridized carbons (Fsp3) is 0.417. The SMILES string of the molecule is Cc1cccc(C)c1C1NCCNC1=O. The number of benzene rings is 1. The molecule has 80 valence electrons. The minimum Gasteiger partial charge on any atom is -0.353 e. The Bertz CT molecular complexity index is 367. The quantitative estimate of drug-likeness (QED) is 0.718. The maximum atomic E-state index is 11.7. The third-order valence-corrected chi connectivity index (χ3v) is 2.87. The van der Waals surface area contributed by atoms with Gasteiger partial charge in [-0.1, -0.05) is 18.2 Å². The molecular formula is C12H16N2O.